The van der Waals surface area contributed by atoms with E-state index < -0.39 is 11.4 Å². The molecule has 0 bridgehead atoms. The Labute approximate surface area is 125 Å². The normalized spacial score (nSPS) is 18.1. The SMILES string of the molecule is CCC1(CC)NC(=O)CN(c2cc(Br)ccc2F)C1=O. The van der Waals surface area contributed by atoms with Crippen LogP contribution in [0.25, 0.3) is 0 Å². The Balaban J connectivity index is 2.47. The van der Waals surface area contributed by atoms with Crippen molar-refractivity contribution in [1.29, 1.82) is 0 Å². The zero-order valence-electron chi connectivity index (χ0n) is 11.4. The van der Waals surface area contributed by atoms with E-state index in [1.807, 2.05) is 13.8 Å². The lowest BCUT2D eigenvalue weighted by Gasteiger charge is -2.41. The molecular formula is C14H16BrFN2O2. The maximum atomic E-state index is 14.0. The van der Waals surface area contributed by atoms with Crippen molar-refractivity contribution < 1.29 is 14.0 Å². The van der Waals surface area contributed by atoms with Crippen molar-refractivity contribution in [1.82, 2.24) is 5.32 Å². The summed E-state index contributed by atoms with van der Waals surface area (Å²) in [7, 11) is 0. The molecule has 6 heteroatoms. The molecule has 0 radical (unpaired) electrons. The highest BCUT2D eigenvalue weighted by Crippen LogP contribution is 2.30. The van der Waals surface area contributed by atoms with Crippen molar-refractivity contribution in [2.75, 3.05) is 11.4 Å². The van der Waals surface area contributed by atoms with Crippen LogP contribution in [-0.4, -0.2) is 23.9 Å². The van der Waals surface area contributed by atoms with Crippen molar-refractivity contribution in [3.8, 4) is 0 Å². The average Bonchev–Trinajstić information content (AvgIpc) is 2.44. The van der Waals surface area contributed by atoms with Crippen molar-refractivity contribution in [3.63, 3.8) is 0 Å². The van der Waals surface area contributed by atoms with Gasteiger partial charge in [-0.15, -0.1) is 0 Å². The number of hydrogen-bond donors (Lipinski definition) is 1. The van der Waals surface area contributed by atoms with Gasteiger partial charge in [0.1, 0.15) is 17.9 Å². The van der Waals surface area contributed by atoms with Gasteiger partial charge in [-0.3, -0.25) is 14.5 Å². The third-order valence-corrected chi connectivity index (χ3v) is 4.23. The predicted octanol–water partition coefficient (Wildman–Crippen LogP) is 2.61. The first-order valence-electron chi connectivity index (χ1n) is 6.51. The minimum atomic E-state index is -0.940. The summed E-state index contributed by atoms with van der Waals surface area (Å²) in [5, 5.41) is 2.75. The molecule has 2 amide bonds. The summed E-state index contributed by atoms with van der Waals surface area (Å²) >= 11 is 3.26. The number of carbonyl (C=O) groups is 2. The van der Waals surface area contributed by atoms with Gasteiger partial charge >= 0.3 is 0 Å². The monoisotopic (exact) mass is 342 g/mol. The topological polar surface area (TPSA) is 49.4 Å². The van der Waals surface area contributed by atoms with Gasteiger partial charge in [0.2, 0.25) is 5.91 Å². The number of rotatable bonds is 3. The number of carbonyl (C=O) groups excluding carboxylic acids is 2. The summed E-state index contributed by atoms with van der Waals surface area (Å²) in [6, 6.07) is 4.35. The van der Waals surface area contributed by atoms with E-state index in [0.717, 1.165) is 0 Å². The Kier molecular flexibility index (Phi) is 4.13. The second-order valence-corrected chi connectivity index (χ2v) is 5.74. The zero-order chi connectivity index (χ0) is 14.9. The lowest BCUT2D eigenvalue weighted by atomic mass is 9.88. The molecule has 0 saturated carbocycles. The van der Waals surface area contributed by atoms with Crippen molar-refractivity contribution in [2.45, 2.75) is 32.2 Å². The van der Waals surface area contributed by atoms with Gasteiger partial charge in [0.05, 0.1) is 5.69 Å². The van der Waals surface area contributed by atoms with Gasteiger partial charge in [0.25, 0.3) is 5.91 Å². The fourth-order valence-electron chi connectivity index (χ4n) is 2.45. The Morgan fingerprint density at radius 3 is 2.60 bits per heavy atom. The molecule has 1 N–H and O–H groups in total. The van der Waals surface area contributed by atoms with Gasteiger partial charge < -0.3 is 5.32 Å². The number of nitrogens with one attached hydrogen (secondary N) is 1. The average molecular weight is 343 g/mol. The first-order valence-corrected chi connectivity index (χ1v) is 7.31. The third kappa shape index (κ3) is 2.44. The Morgan fingerprint density at radius 2 is 2.00 bits per heavy atom. The third-order valence-electron chi connectivity index (χ3n) is 3.74. The Bertz CT molecular complexity index is 558. The second kappa shape index (κ2) is 5.52. The van der Waals surface area contributed by atoms with Crippen molar-refractivity contribution in [3.05, 3.63) is 28.5 Å². The van der Waals surface area contributed by atoms with Crippen LogP contribution in [-0.2, 0) is 9.59 Å². The predicted molar refractivity (Wildman–Crippen MR) is 77.9 cm³/mol. The number of hydrogen-bond acceptors (Lipinski definition) is 2. The summed E-state index contributed by atoms with van der Waals surface area (Å²) in [5.74, 6) is -1.05. The van der Waals surface area contributed by atoms with Crippen molar-refractivity contribution in [2.24, 2.45) is 0 Å². The van der Waals surface area contributed by atoms with Crippen LogP contribution in [0.3, 0.4) is 0 Å². The molecule has 0 aliphatic carbocycles. The summed E-state index contributed by atoms with van der Waals surface area (Å²) in [6.45, 7) is 3.51. The van der Waals surface area contributed by atoms with Gasteiger partial charge in [-0.25, -0.2) is 4.39 Å². The van der Waals surface area contributed by atoms with E-state index in [-0.39, 0.29) is 24.0 Å². The quantitative estimate of drug-likeness (QED) is 0.917. The maximum Gasteiger partial charge on any atom is 0.253 e. The van der Waals surface area contributed by atoms with Crippen LogP contribution in [0.2, 0.25) is 0 Å². The minimum absolute atomic E-state index is 0.130. The maximum absolute atomic E-state index is 14.0. The molecule has 1 aromatic rings. The molecule has 0 aromatic heterocycles. The first-order chi connectivity index (χ1) is 9.43. The standard InChI is InChI=1S/C14H16BrFN2O2/c1-3-14(4-2)13(20)18(8-12(19)17-14)11-7-9(15)5-6-10(11)16/h5-7H,3-4,8H2,1-2H3,(H,17,19). The van der Waals surface area contributed by atoms with E-state index >= 15 is 0 Å². The zero-order valence-corrected chi connectivity index (χ0v) is 13.0. The van der Waals surface area contributed by atoms with Crippen LogP contribution >= 0.6 is 15.9 Å². The van der Waals surface area contributed by atoms with E-state index in [1.165, 1.54) is 17.0 Å². The van der Waals surface area contributed by atoms with Crippen LogP contribution in [0, 0.1) is 5.82 Å². The van der Waals surface area contributed by atoms with Gasteiger partial charge in [-0.2, -0.15) is 0 Å². The van der Waals surface area contributed by atoms with E-state index in [4.69, 9.17) is 0 Å². The summed E-state index contributed by atoms with van der Waals surface area (Å²) < 4.78 is 14.6. The van der Waals surface area contributed by atoms with E-state index in [0.29, 0.717) is 17.3 Å². The Morgan fingerprint density at radius 1 is 1.35 bits per heavy atom. The number of halogens is 2. The highest BCUT2D eigenvalue weighted by Gasteiger charge is 2.45. The van der Waals surface area contributed by atoms with Crippen molar-refractivity contribution >= 4 is 33.4 Å². The summed E-state index contributed by atoms with van der Waals surface area (Å²) in [6.07, 6.45) is 0.945. The molecule has 1 fully saturated rings. The lowest BCUT2D eigenvalue weighted by Crippen LogP contribution is -2.66. The highest BCUT2D eigenvalue weighted by atomic mass is 79.9. The van der Waals surface area contributed by atoms with Crippen LogP contribution < -0.4 is 10.2 Å². The molecule has 4 nitrogen and oxygen atoms in total. The number of amides is 2. The summed E-state index contributed by atoms with van der Waals surface area (Å²) in [5.41, 5.74) is -0.810. The first kappa shape index (κ1) is 15.0. The van der Waals surface area contributed by atoms with Crippen LogP contribution in [0.15, 0.2) is 22.7 Å². The van der Waals surface area contributed by atoms with Crippen LogP contribution in [0.1, 0.15) is 26.7 Å². The number of anilines is 1. The molecule has 1 aliphatic heterocycles. The summed E-state index contributed by atoms with van der Waals surface area (Å²) in [4.78, 5) is 25.8. The van der Waals surface area contributed by atoms with Crippen LogP contribution in [0.4, 0.5) is 10.1 Å². The van der Waals surface area contributed by atoms with Gasteiger partial charge in [0, 0.05) is 4.47 Å². The molecule has 1 aromatic carbocycles. The fraction of sp³-hybridized carbons (Fsp3) is 0.429. The van der Waals surface area contributed by atoms with E-state index in [2.05, 4.69) is 21.2 Å². The minimum Gasteiger partial charge on any atom is -0.340 e. The molecule has 2 rings (SSSR count). The molecule has 20 heavy (non-hydrogen) atoms. The Hall–Kier alpha value is -1.43. The molecule has 1 saturated heterocycles. The molecular weight excluding hydrogens is 327 g/mol. The van der Waals surface area contributed by atoms with Gasteiger partial charge in [-0.05, 0) is 31.0 Å². The molecule has 0 unspecified atom stereocenters. The lowest BCUT2D eigenvalue weighted by molar-refractivity contribution is -0.136. The second-order valence-electron chi connectivity index (χ2n) is 4.82. The highest BCUT2D eigenvalue weighted by molar-refractivity contribution is 9.10. The number of piperazine rings is 1. The number of nitrogens with zero attached hydrogens (tertiary/aromatic N) is 1. The van der Waals surface area contributed by atoms with E-state index in [9.17, 15) is 14.0 Å². The number of benzene rings is 1. The molecule has 1 aliphatic rings. The largest absolute Gasteiger partial charge is 0.340 e. The molecule has 108 valence electrons. The molecule has 1 heterocycles. The fourth-order valence-corrected chi connectivity index (χ4v) is 2.80. The smallest absolute Gasteiger partial charge is 0.253 e. The van der Waals surface area contributed by atoms with Crippen LogP contribution in [0.5, 0.6) is 0 Å². The van der Waals surface area contributed by atoms with Gasteiger partial charge in [-0.1, -0.05) is 29.8 Å². The van der Waals surface area contributed by atoms with Gasteiger partial charge in [0.15, 0.2) is 0 Å². The van der Waals surface area contributed by atoms with E-state index in [1.54, 1.807) is 6.07 Å². The molecule has 0 spiro atoms. The molecule has 0 atom stereocenters.